The molecule has 2 heterocycles. The standard InChI is InChI=1S/C19H29N3O3/c23-19(25-16-17-5-2-1-3-6-17)22-9-4-7-18(15-22)20-8-10-21-11-13-24-14-12-21/h1-3,5-6,18,20H,4,7-16H2/t18-/m0/s1. The van der Waals surface area contributed by atoms with Gasteiger partial charge in [-0.25, -0.2) is 4.79 Å². The Hall–Kier alpha value is -1.63. The van der Waals surface area contributed by atoms with E-state index in [1.165, 1.54) is 0 Å². The molecule has 1 aromatic carbocycles. The van der Waals surface area contributed by atoms with Crippen LogP contribution in [0.3, 0.4) is 0 Å². The lowest BCUT2D eigenvalue weighted by molar-refractivity contribution is 0.0375. The van der Waals surface area contributed by atoms with Gasteiger partial charge in [0.15, 0.2) is 0 Å². The highest BCUT2D eigenvalue weighted by molar-refractivity contribution is 5.67. The molecule has 0 aromatic heterocycles. The van der Waals surface area contributed by atoms with Crippen molar-refractivity contribution in [2.24, 2.45) is 0 Å². The second kappa shape index (κ2) is 9.75. The number of hydrogen-bond donors (Lipinski definition) is 1. The molecule has 2 aliphatic heterocycles. The summed E-state index contributed by atoms with van der Waals surface area (Å²) in [4.78, 5) is 16.5. The third kappa shape index (κ3) is 5.99. The summed E-state index contributed by atoms with van der Waals surface area (Å²) in [6, 6.07) is 10.2. The highest BCUT2D eigenvalue weighted by atomic mass is 16.6. The number of piperidine rings is 1. The van der Waals surface area contributed by atoms with E-state index in [0.29, 0.717) is 12.6 Å². The van der Waals surface area contributed by atoms with Crippen LogP contribution in [-0.2, 0) is 16.1 Å². The predicted molar refractivity (Wildman–Crippen MR) is 96.5 cm³/mol. The Bertz CT molecular complexity index is 520. The summed E-state index contributed by atoms with van der Waals surface area (Å²) in [5.41, 5.74) is 1.02. The third-order valence-electron chi connectivity index (χ3n) is 4.85. The van der Waals surface area contributed by atoms with Gasteiger partial charge >= 0.3 is 6.09 Å². The van der Waals surface area contributed by atoms with Crippen molar-refractivity contribution in [1.29, 1.82) is 0 Å². The maximum atomic E-state index is 12.3. The molecule has 6 nitrogen and oxygen atoms in total. The fraction of sp³-hybridized carbons (Fsp3) is 0.632. The lowest BCUT2D eigenvalue weighted by atomic mass is 10.1. The molecular weight excluding hydrogens is 318 g/mol. The van der Waals surface area contributed by atoms with Crippen molar-refractivity contribution >= 4 is 6.09 Å². The molecule has 25 heavy (non-hydrogen) atoms. The van der Waals surface area contributed by atoms with Crippen LogP contribution < -0.4 is 5.32 Å². The molecule has 2 aliphatic rings. The largest absolute Gasteiger partial charge is 0.445 e. The first-order valence-corrected chi connectivity index (χ1v) is 9.30. The summed E-state index contributed by atoms with van der Waals surface area (Å²) in [7, 11) is 0. The van der Waals surface area contributed by atoms with Crippen molar-refractivity contribution in [1.82, 2.24) is 15.1 Å². The number of nitrogens with zero attached hydrogens (tertiary/aromatic N) is 2. The Morgan fingerprint density at radius 3 is 2.80 bits per heavy atom. The highest BCUT2D eigenvalue weighted by Gasteiger charge is 2.24. The molecule has 0 aliphatic carbocycles. The molecular formula is C19H29N3O3. The molecule has 138 valence electrons. The van der Waals surface area contributed by atoms with E-state index in [1.807, 2.05) is 35.2 Å². The molecule has 2 fully saturated rings. The summed E-state index contributed by atoms with van der Waals surface area (Å²) in [6.45, 7) is 7.57. The summed E-state index contributed by atoms with van der Waals surface area (Å²) in [6.07, 6.45) is 1.94. The van der Waals surface area contributed by atoms with E-state index < -0.39 is 0 Å². The molecule has 1 aromatic rings. The molecule has 0 saturated carbocycles. The molecule has 1 atom stereocenters. The number of nitrogens with one attached hydrogen (secondary N) is 1. The van der Waals surface area contributed by atoms with Gasteiger partial charge in [0.2, 0.25) is 0 Å². The molecule has 0 bridgehead atoms. The van der Waals surface area contributed by atoms with Crippen molar-refractivity contribution in [2.75, 3.05) is 52.5 Å². The predicted octanol–water partition coefficient (Wildman–Crippen LogP) is 1.71. The van der Waals surface area contributed by atoms with Gasteiger partial charge in [0.25, 0.3) is 0 Å². The molecule has 2 saturated heterocycles. The Kier molecular flexibility index (Phi) is 7.09. The van der Waals surface area contributed by atoms with Crippen LogP contribution in [-0.4, -0.2) is 74.4 Å². The van der Waals surface area contributed by atoms with E-state index in [9.17, 15) is 4.79 Å². The van der Waals surface area contributed by atoms with Gasteiger partial charge < -0.3 is 19.7 Å². The Balaban J connectivity index is 1.36. The number of morpholine rings is 1. The summed E-state index contributed by atoms with van der Waals surface area (Å²) >= 11 is 0. The number of carbonyl (C=O) groups excluding carboxylic acids is 1. The highest BCUT2D eigenvalue weighted by Crippen LogP contribution is 2.12. The Labute approximate surface area is 150 Å². The zero-order valence-corrected chi connectivity index (χ0v) is 14.9. The van der Waals surface area contributed by atoms with Gasteiger partial charge in [0.1, 0.15) is 6.61 Å². The van der Waals surface area contributed by atoms with Gasteiger partial charge in [-0.1, -0.05) is 30.3 Å². The number of ether oxygens (including phenoxy) is 2. The lowest BCUT2D eigenvalue weighted by Crippen LogP contribution is -2.50. The van der Waals surface area contributed by atoms with Crippen LogP contribution in [0.2, 0.25) is 0 Å². The minimum Gasteiger partial charge on any atom is -0.445 e. The van der Waals surface area contributed by atoms with Crippen molar-refractivity contribution in [3.63, 3.8) is 0 Å². The molecule has 1 amide bonds. The number of carbonyl (C=O) groups is 1. The normalized spacial score (nSPS) is 21.9. The average Bonchev–Trinajstić information content (AvgIpc) is 2.68. The van der Waals surface area contributed by atoms with E-state index in [1.54, 1.807) is 0 Å². The smallest absolute Gasteiger partial charge is 0.410 e. The maximum absolute atomic E-state index is 12.3. The van der Waals surface area contributed by atoms with Crippen LogP contribution in [0.5, 0.6) is 0 Å². The summed E-state index contributed by atoms with van der Waals surface area (Å²) in [5.74, 6) is 0. The van der Waals surface area contributed by atoms with Crippen LogP contribution in [0.15, 0.2) is 30.3 Å². The fourth-order valence-electron chi connectivity index (χ4n) is 3.37. The molecule has 6 heteroatoms. The first-order valence-electron chi connectivity index (χ1n) is 9.30. The third-order valence-corrected chi connectivity index (χ3v) is 4.85. The molecule has 1 N–H and O–H groups in total. The Morgan fingerprint density at radius 1 is 1.20 bits per heavy atom. The van der Waals surface area contributed by atoms with Gasteiger partial charge in [-0.15, -0.1) is 0 Å². The van der Waals surface area contributed by atoms with Gasteiger partial charge in [-0.3, -0.25) is 4.90 Å². The summed E-state index contributed by atoms with van der Waals surface area (Å²) in [5, 5.41) is 3.60. The molecule has 3 rings (SSSR count). The lowest BCUT2D eigenvalue weighted by Gasteiger charge is -2.33. The minimum absolute atomic E-state index is 0.205. The number of likely N-dealkylation sites (tertiary alicyclic amines) is 1. The maximum Gasteiger partial charge on any atom is 0.410 e. The van der Waals surface area contributed by atoms with Crippen LogP contribution in [0.1, 0.15) is 18.4 Å². The first kappa shape index (κ1) is 18.2. The topological polar surface area (TPSA) is 54.0 Å². The van der Waals surface area contributed by atoms with E-state index in [2.05, 4.69) is 10.2 Å². The second-order valence-electron chi connectivity index (χ2n) is 6.73. The van der Waals surface area contributed by atoms with Crippen LogP contribution in [0.4, 0.5) is 4.79 Å². The van der Waals surface area contributed by atoms with Crippen LogP contribution in [0.25, 0.3) is 0 Å². The van der Waals surface area contributed by atoms with Gasteiger partial charge in [-0.05, 0) is 18.4 Å². The summed E-state index contributed by atoms with van der Waals surface area (Å²) < 4.78 is 10.8. The SMILES string of the molecule is O=C(OCc1ccccc1)N1CCC[C@H](NCCN2CCOCC2)C1. The van der Waals surface area contributed by atoms with E-state index >= 15 is 0 Å². The van der Waals surface area contributed by atoms with Crippen molar-refractivity contribution < 1.29 is 14.3 Å². The van der Waals surface area contributed by atoms with Crippen molar-refractivity contribution in [3.05, 3.63) is 35.9 Å². The van der Waals surface area contributed by atoms with Crippen LogP contribution >= 0.6 is 0 Å². The first-order chi connectivity index (χ1) is 12.3. The van der Waals surface area contributed by atoms with E-state index in [0.717, 1.165) is 70.9 Å². The van der Waals surface area contributed by atoms with Gasteiger partial charge in [-0.2, -0.15) is 0 Å². The van der Waals surface area contributed by atoms with E-state index in [-0.39, 0.29) is 6.09 Å². The number of rotatable bonds is 6. The van der Waals surface area contributed by atoms with Crippen molar-refractivity contribution in [2.45, 2.75) is 25.5 Å². The number of benzene rings is 1. The van der Waals surface area contributed by atoms with Crippen LogP contribution in [0, 0.1) is 0 Å². The molecule has 0 unspecified atom stereocenters. The minimum atomic E-state index is -0.205. The quantitative estimate of drug-likeness (QED) is 0.849. The fourth-order valence-corrected chi connectivity index (χ4v) is 3.37. The van der Waals surface area contributed by atoms with E-state index in [4.69, 9.17) is 9.47 Å². The van der Waals surface area contributed by atoms with Gasteiger partial charge in [0.05, 0.1) is 13.2 Å². The average molecular weight is 347 g/mol. The zero-order valence-electron chi connectivity index (χ0n) is 14.9. The zero-order chi connectivity index (χ0) is 17.3. The number of hydrogen-bond acceptors (Lipinski definition) is 5. The Morgan fingerprint density at radius 2 is 2.00 bits per heavy atom. The van der Waals surface area contributed by atoms with Crippen molar-refractivity contribution in [3.8, 4) is 0 Å². The second-order valence-corrected chi connectivity index (χ2v) is 6.73. The monoisotopic (exact) mass is 347 g/mol. The van der Waals surface area contributed by atoms with Gasteiger partial charge in [0, 0.05) is 45.3 Å². The molecule has 0 spiro atoms. The molecule has 0 radical (unpaired) electrons. The number of amides is 1.